The van der Waals surface area contributed by atoms with E-state index in [1.807, 2.05) is 0 Å². The molecule has 0 spiro atoms. The van der Waals surface area contributed by atoms with Gasteiger partial charge in [0, 0.05) is 19.6 Å². The van der Waals surface area contributed by atoms with E-state index in [1.54, 1.807) is 0 Å². The summed E-state index contributed by atoms with van der Waals surface area (Å²) in [5.41, 5.74) is 0.221. The summed E-state index contributed by atoms with van der Waals surface area (Å²) in [6.45, 7) is 7.44. The van der Waals surface area contributed by atoms with Crippen molar-refractivity contribution < 1.29 is 13.2 Å². The van der Waals surface area contributed by atoms with Gasteiger partial charge in [0.25, 0.3) is 0 Å². The average Bonchev–Trinajstić information content (AvgIpc) is 2.22. The largest absolute Gasteiger partial charge is 0.401 e. The highest BCUT2D eigenvalue weighted by Crippen LogP contribution is 2.22. The maximum Gasteiger partial charge on any atom is 0.401 e. The zero-order valence-corrected chi connectivity index (χ0v) is 11.8. The molecular formula is C13H27F3N2. The SMILES string of the molecule is CCCCCC(C)(C)CNCCNCC(F)(F)F. The van der Waals surface area contributed by atoms with Gasteiger partial charge in [0.1, 0.15) is 0 Å². The van der Waals surface area contributed by atoms with Crippen molar-refractivity contribution in [1.82, 2.24) is 10.6 Å². The van der Waals surface area contributed by atoms with Crippen LogP contribution < -0.4 is 10.6 Å². The van der Waals surface area contributed by atoms with Crippen molar-refractivity contribution >= 4 is 0 Å². The molecule has 2 N–H and O–H groups in total. The first-order valence-corrected chi connectivity index (χ1v) is 6.75. The second-order valence-corrected chi connectivity index (χ2v) is 5.59. The van der Waals surface area contributed by atoms with Crippen LogP contribution in [0.3, 0.4) is 0 Å². The van der Waals surface area contributed by atoms with E-state index in [1.165, 1.54) is 19.3 Å². The summed E-state index contributed by atoms with van der Waals surface area (Å²) in [4.78, 5) is 0. The van der Waals surface area contributed by atoms with Gasteiger partial charge in [-0.3, -0.25) is 0 Å². The monoisotopic (exact) mass is 268 g/mol. The first-order valence-electron chi connectivity index (χ1n) is 6.75. The van der Waals surface area contributed by atoms with Crippen molar-refractivity contribution in [3.63, 3.8) is 0 Å². The van der Waals surface area contributed by atoms with Crippen LogP contribution in [0.25, 0.3) is 0 Å². The molecule has 0 amide bonds. The normalized spacial score (nSPS) is 13.0. The predicted molar refractivity (Wildman–Crippen MR) is 69.7 cm³/mol. The zero-order chi connectivity index (χ0) is 14.1. The van der Waals surface area contributed by atoms with Gasteiger partial charge in [0.15, 0.2) is 0 Å². The second-order valence-electron chi connectivity index (χ2n) is 5.59. The van der Waals surface area contributed by atoms with Crippen LogP contribution >= 0.6 is 0 Å². The molecule has 0 aliphatic rings. The van der Waals surface area contributed by atoms with Crippen LogP contribution in [0.15, 0.2) is 0 Å². The van der Waals surface area contributed by atoms with E-state index in [2.05, 4.69) is 31.4 Å². The third-order valence-electron chi connectivity index (χ3n) is 2.86. The Morgan fingerprint density at radius 1 is 0.889 bits per heavy atom. The van der Waals surface area contributed by atoms with Crippen LogP contribution in [0.5, 0.6) is 0 Å². The summed E-state index contributed by atoms with van der Waals surface area (Å²) in [6.07, 6.45) is 0.724. The van der Waals surface area contributed by atoms with Crippen molar-refractivity contribution in [2.75, 3.05) is 26.2 Å². The summed E-state index contributed by atoms with van der Waals surface area (Å²) < 4.78 is 35.5. The van der Waals surface area contributed by atoms with E-state index in [0.717, 1.165) is 13.0 Å². The van der Waals surface area contributed by atoms with Crippen molar-refractivity contribution in [2.45, 2.75) is 52.6 Å². The maximum absolute atomic E-state index is 11.8. The fraction of sp³-hybridized carbons (Fsp3) is 1.00. The number of hydrogen-bond acceptors (Lipinski definition) is 2. The molecule has 0 aromatic rings. The van der Waals surface area contributed by atoms with E-state index in [-0.39, 0.29) is 5.41 Å². The molecular weight excluding hydrogens is 241 g/mol. The number of rotatable bonds is 10. The lowest BCUT2D eigenvalue weighted by Gasteiger charge is -2.25. The third-order valence-corrected chi connectivity index (χ3v) is 2.86. The predicted octanol–water partition coefficient (Wildman–Crippen LogP) is 3.33. The lowest BCUT2D eigenvalue weighted by atomic mass is 9.87. The summed E-state index contributed by atoms with van der Waals surface area (Å²) >= 11 is 0. The Hall–Kier alpha value is -0.290. The molecule has 0 fully saturated rings. The van der Waals surface area contributed by atoms with Crippen LogP contribution in [0.4, 0.5) is 13.2 Å². The molecule has 0 aliphatic heterocycles. The molecule has 2 nitrogen and oxygen atoms in total. The first kappa shape index (κ1) is 17.7. The molecule has 0 heterocycles. The van der Waals surface area contributed by atoms with Gasteiger partial charge < -0.3 is 10.6 Å². The van der Waals surface area contributed by atoms with Crippen LogP contribution in [0.1, 0.15) is 46.5 Å². The van der Waals surface area contributed by atoms with E-state index in [0.29, 0.717) is 13.1 Å². The van der Waals surface area contributed by atoms with E-state index >= 15 is 0 Å². The molecule has 0 aliphatic carbocycles. The Morgan fingerprint density at radius 2 is 1.44 bits per heavy atom. The first-order chi connectivity index (χ1) is 8.27. The topological polar surface area (TPSA) is 24.1 Å². The maximum atomic E-state index is 11.8. The van der Waals surface area contributed by atoms with Gasteiger partial charge in [-0.05, 0) is 11.8 Å². The highest BCUT2D eigenvalue weighted by molar-refractivity contribution is 4.71. The molecule has 0 radical (unpaired) electrons. The number of halogens is 3. The minimum absolute atomic E-state index is 0.221. The van der Waals surface area contributed by atoms with Gasteiger partial charge >= 0.3 is 6.18 Å². The Balaban J connectivity index is 3.46. The lowest BCUT2D eigenvalue weighted by molar-refractivity contribution is -0.124. The summed E-state index contributed by atoms with van der Waals surface area (Å²) in [5.74, 6) is 0. The molecule has 0 aromatic carbocycles. The number of nitrogens with one attached hydrogen (secondary N) is 2. The molecule has 5 heteroatoms. The Morgan fingerprint density at radius 3 is 1.94 bits per heavy atom. The number of alkyl halides is 3. The molecule has 18 heavy (non-hydrogen) atoms. The summed E-state index contributed by atoms with van der Waals surface area (Å²) in [7, 11) is 0. The molecule has 0 aromatic heterocycles. The van der Waals surface area contributed by atoms with Gasteiger partial charge in [0.2, 0.25) is 0 Å². The van der Waals surface area contributed by atoms with Gasteiger partial charge in [-0.2, -0.15) is 13.2 Å². The summed E-state index contributed by atoms with van der Waals surface area (Å²) in [5, 5.41) is 5.59. The van der Waals surface area contributed by atoms with Crippen LogP contribution in [-0.4, -0.2) is 32.4 Å². The fourth-order valence-electron chi connectivity index (χ4n) is 1.78. The van der Waals surface area contributed by atoms with Crippen LogP contribution in [0, 0.1) is 5.41 Å². The van der Waals surface area contributed by atoms with Crippen molar-refractivity contribution in [3.05, 3.63) is 0 Å². The van der Waals surface area contributed by atoms with Crippen molar-refractivity contribution in [2.24, 2.45) is 5.41 Å². The number of hydrogen-bond donors (Lipinski definition) is 2. The van der Waals surface area contributed by atoms with Gasteiger partial charge in [-0.15, -0.1) is 0 Å². The molecule has 0 saturated carbocycles. The molecule has 0 bridgehead atoms. The zero-order valence-electron chi connectivity index (χ0n) is 11.8. The average molecular weight is 268 g/mol. The highest BCUT2D eigenvalue weighted by Gasteiger charge is 2.25. The van der Waals surface area contributed by atoms with Gasteiger partial charge in [0.05, 0.1) is 6.54 Å². The third kappa shape index (κ3) is 12.2. The Kier molecular flexibility index (Phi) is 8.61. The minimum atomic E-state index is -4.11. The Labute approximate surface area is 109 Å². The van der Waals surface area contributed by atoms with Crippen molar-refractivity contribution in [3.8, 4) is 0 Å². The van der Waals surface area contributed by atoms with Gasteiger partial charge in [-0.1, -0.05) is 40.0 Å². The quantitative estimate of drug-likeness (QED) is 0.594. The molecule has 0 unspecified atom stereocenters. The summed E-state index contributed by atoms with van der Waals surface area (Å²) in [6, 6.07) is 0. The van der Waals surface area contributed by atoms with Crippen molar-refractivity contribution in [1.29, 1.82) is 0 Å². The molecule has 0 atom stereocenters. The Bertz CT molecular complexity index is 203. The lowest BCUT2D eigenvalue weighted by Crippen LogP contribution is -2.37. The minimum Gasteiger partial charge on any atom is -0.315 e. The van der Waals surface area contributed by atoms with Gasteiger partial charge in [-0.25, -0.2) is 0 Å². The molecule has 110 valence electrons. The van der Waals surface area contributed by atoms with E-state index in [9.17, 15) is 13.2 Å². The molecule has 0 rings (SSSR count). The smallest absolute Gasteiger partial charge is 0.315 e. The van der Waals surface area contributed by atoms with Crippen LogP contribution in [-0.2, 0) is 0 Å². The number of unbranched alkanes of at least 4 members (excludes halogenated alkanes) is 2. The van der Waals surface area contributed by atoms with E-state index < -0.39 is 12.7 Å². The highest BCUT2D eigenvalue weighted by atomic mass is 19.4. The van der Waals surface area contributed by atoms with E-state index in [4.69, 9.17) is 0 Å². The van der Waals surface area contributed by atoms with Crippen LogP contribution in [0.2, 0.25) is 0 Å². The molecule has 0 saturated heterocycles. The standard InChI is InChI=1S/C13H27F3N2/c1-4-5-6-7-12(2,3)10-17-8-9-18-11-13(14,15)16/h17-18H,4-11H2,1-3H3. The fourth-order valence-corrected chi connectivity index (χ4v) is 1.78. The second kappa shape index (κ2) is 8.75.